The molecule has 0 spiro atoms. The van der Waals surface area contributed by atoms with E-state index in [4.69, 9.17) is 10.3 Å². The van der Waals surface area contributed by atoms with Crippen LogP contribution in [-0.2, 0) is 6.54 Å². The third-order valence-corrected chi connectivity index (χ3v) is 2.10. The van der Waals surface area contributed by atoms with Gasteiger partial charge in [0.15, 0.2) is 11.6 Å². The van der Waals surface area contributed by atoms with Gasteiger partial charge in [-0.05, 0) is 19.1 Å². The minimum absolute atomic E-state index is 0.0713. The van der Waals surface area contributed by atoms with Crippen LogP contribution < -0.4 is 16.6 Å². The second kappa shape index (κ2) is 4.79. The summed E-state index contributed by atoms with van der Waals surface area (Å²) in [6.07, 6.45) is 1.04. The maximum absolute atomic E-state index is 13.3. The zero-order valence-corrected chi connectivity index (χ0v) is 9.20. The number of hydrogen-bond acceptors (Lipinski definition) is 6. The van der Waals surface area contributed by atoms with Crippen LogP contribution in [0.25, 0.3) is 0 Å². The van der Waals surface area contributed by atoms with Crippen LogP contribution in [0.15, 0.2) is 22.7 Å². The van der Waals surface area contributed by atoms with E-state index in [1.165, 1.54) is 0 Å². The molecule has 0 saturated heterocycles. The second-order valence-corrected chi connectivity index (χ2v) is 3.40. The van der Waals surface area contributed by atoms with Crippen molar-refractivity contribution in [2.75, 3.05) is 10.7 Å². The maximum atomic E-state index is 13.3. The maximum Gasteiger partial charge on any atom is 0.239 e. The first-order valence-electron chi connectivity index (χ1n) is 4.97. The van der Waals surface area contributed by atoms with E-state index in [2.05, 4.69) is 20.7 Å². The van der Waals surface area contributed by atoms with Gasteiger partial charge in [0.05, 0.1) is 12.7 Å². The molecule has 0 aliphatic rings. The Morgan fingerprint density at radius 3 is 2.94 bits per heavy atom. The van der Waals surface area contributed by atoms with Crippen molar-refractivity contribution >= 4 is 11.8 Å². The highest BCUT2D eigenvalue weighted by atomic mass is 19.1. The summed E-state index contributed by atoms with van der Waals surface area (Å²) in [5.74, 6) is 6.30. The number of nitrogens with one attached hydrogen (secondary N) is 2. The second-order valence-electron chi connectivity index (χ2n) is 3.40. The molecule has 0 radical (unpaired) electrons. The molecule has 7 heteroatoms. The van der Waals surface area contributed by atoms with E-state index in [1.54, 1.807) is 0 Å². The lowest BCUT2D eigenvalue weighted by Crippen LogP contribution is -2.12. The van der Waals surface area contributed by atoms with Gasteiger partial charge >= 0.3 is 0 Å². The van der Waals surface area contributed by atoms with E-state index in [1.807, 2.05) is 19.1 Å². The van der Waals surface area contributed by atoms with Crippen LogP contribution >= 0.6 is 0 Å². The van der Waals surface area contributed by atoms with Crippen molar-refractivity contribution < 1.29 is 8.81 Å². The zero-order chi connectivity index (χ0) is 12.3. The van der Waals surface area contributed by atoms with Crippen molar-refractivity contribution in [3.63, 3.8) is 0 Å². The minimum atomic E-state index is -0.549. The van der Waals surface area contributed by atoms with Gasteiger partial charge in [-0.15, -0.1) is 0 Å². The van der Waals surface area contributed by atoms with Gasteiger partial charge in [-0.1, -0.05) is 0 Å². The number of halogens is 1. The Kier molecular flexibility index (Phi) is 3.20. The van der Waals surface area contributed by atoms with Crippen molar-refractivity contribution in [1.29, 1.82) is 0 Å². The SMILES string of the molecule is Cc1ccc(CNc2nc(NN)ncc2F)o1. The van der Waals surface area contributed by atoms with Gasteiger partial charge in [-0.3, -0.25) is 5.43 Å². The molecule has 0 amide bonds. The summed E-state index contributed by atoms with van der Waals surface area (Å²) in [5, 5.41) is 2.80. The number of anilines is 2. The molecule has 2 rings (SSSR count). The molecule has 2 aromatic rings. The predicted octanol–water partition coefficient (Wildman–Crippen LogP) is 1.41. The van der Waals surface area contributed by atoms with Gasteiger partial charge in [-0.2, -0.15) is 4.98 Å². The Morgan fingerprint density at radius 2 is 2.29 bits per heavy atom. The van der Waals surface area contributed by atoms with Crippen molar-refractivity contribution in [3.05, 3.63) is 35.7 Å². The molecule has 6 nitrogen and oxygen atoms in total. The van der Waals surface area contributed by atoms with Crippen LogP contribution in [0.1, 0.15) is 11.5 Å². The molecule has 0 atom stereocenters. The Bertz CT molecular complexity index is 513. The molecule has 0 unspecified atom stereocenters. The molecule has 4 N–H and O–H groups in total. The van der Waals surface area contributed by atoms with E-state index in [9.17, 15) is 4.39 Å². The summed E-state index contributed by atoms with van der Waals surface area (Å²) in [7, 11) is 0. The molecule has 0 saturated carbocycles. The highest BCUT2D eigenvalue weighted by Crippen LogP contribution is 2.13. The fourth-order valence-corrected chi connectivity index (χ4v) is 1.31. The van der Waals surface area contributed by atoms with Gasteiger partial charge < -0.3 is 9.73 Å². The van der Waals surface area contributed by atoms with Crippen LogP contribution in [0.2, 0.25) is 0 Å². The lowest BCUT2D eigenvalue weighted by atomic mass is 10.4. The number of aryl methyl sites for hydroxylation is 1. The van der Waals surface area contributed by atoms with Crippen molar-refractivity contribution in [2.24, 2.45) is 5.84 Å². The van der Waals surface area contributed by atoms with E-state index >= 15 is 0 Å². The molecule has 2 heterocycles. The predicted molar refractivity (Wildman–Crippen MR) is 60.6 cm³/mol. The molecule has 0 aliphatic carbocycles. The number of hydrogen-bond donors (Lipinski definition) is 3. The number of furan rings is 1. The third-order valence-electron chi connectivity index (χ3n) is 2.10. The summed E-state index contributed by atoms with van der Waals surface area (Å²) in [6.45, 7) is 2.18. The molecule has 0 bridgehead atoms. The Hall–Kier alpha value is -2.15. The lowest BCUT2D eigenvalue weighted by Gasteiger charge is -2.06. The average Bonchev–Trinajstić information content (AvgIpc) is 2.74. The normalized spacial score (nSPS) is 10.3. The summed E-state index contributed by atoms with van der Waals surface area (Å²) >= 11 is 0. The molecular formula is C10H12FN5O. The number of hydrazine groups is 1. The highest BCUT2D eigenvalue weighted by Gasteiger charge is 2.07. The van der Waals surface area contributed by atoms with E-state index in [0.29, 0.717) is 12.3 Å². The minimum Gasteiger partial charge on any atom is -0.465 e. The number of nitrogen functional groups attached to an aromatic ring is 1. The molecular weight excluding hydrogens is 225 g/mol. The average molecular weight is 237 g/mol. The van der Waals surface area contributed by atoms with Crippen LogP contribution in [0.3, 0.4) is 0 Å². The van der Waals surface area contributed by atoms with Gasteiger partial charge in [0.2, 0.25) is 5.95 Å². The van der Waals surface area contributed by atoms with Crippen LogP contribution in [-0.4, -0.2) is 9.97 Å². The smallest absolute Gasteiger partial charge is 0.239 e. The van der Waals surface area contributed by atoms with Gasteiger partial charge in [0, 0.05) is 0 Å². The van der Waals surface area contributed by atoms with Crippen LogP contribution in [0, 0.1) is 12.7 Å². The molecule has 2 aromatic heterocycles. The van der Waals surface area contributed by atoms with Crippen LogP contribution in [0.5, 0.6) is 0 Å². The van der Waals surface area contributed by atoms with E-state index in [-0.39, 0.29) is 11.8 Å². The Morgan fingerprint density at radius 1 is 1.47 bits per heavy atom. The first-order chi connectivity index (χ1) is 8.19. The van der Waals surface area contributed by atoms with E-state index < -0.39 is 5.82 Å². The standard InChI is InChI=1S/C10H12FN5O/c1-6-2-3-7(17-6)4-13-9-8(11)5-14-10(15-9)16-12/h2-3,5H,4,12H2,1H3,(H2,13,14,15,16). The molecule has 17 heavy (non-hydrogen) atoms. The van der Waals surface area contributed by atoms with Crippen molar-refractivity contribution in [1.82, 2.24) is 9.97 Å². The summed E-state index contributed by atoms with van der Waals surface area (Å²) in [5.41, 5.74) is 2.24. The Labute approximate surface area is 97.0 Å². The van der Waals surface area contributed by atoms with Crippen LogP contribution in [0.4, 0.5) is 16.2 Å². The fraction of sp³-hybridized carbons (Fsp3) is 0.200. The number of nitrogens with two attached hydrogens (primary N) is 1. The first kappa shape index (κ1) is 11.3. The van der Waals surface area contributed by atoms with Gasteiger partial charge in [0.25, 0.3) is 0 Å². The number of rotatable bonds is 4. The fourth-order valence-electron chi connectivity index (χ4n) is 1.31. The molecule has 0 aromatic carbocycles. The Balaban J connectivity index is 2.07. The number of nitrogens with zero attached hydrogens (tertiary/aromatic N) is 2. The van der Waals surface area contributed by atoms with Crippen molar-refractivity contribution in [3.8, 4) is 0 Å². The summed E-state index contributed by atoms with van der Waals surface area (Å²) in [4.78, 5) is 7.47. The summed E-state index contributed by atoms with van der Waals surface area (Å²) in [6, 6.07) is 3.64. The summed E-state index contributed by atoms with van der Waals surface area (Å²) < 4.78 is 18.7. The highest BCUT2D eigenvalue weighted by molar-refractivity contribution is 5.40. The topological polar surface area (TPSA) is 89.0 Å². The number of aromatic nitrogens is 2. The van der Waals surface area contributed by atoms with E-state index in [0.717, 1.165) is 12.0 Å². The first-order valence-corrected chi connectivity index (χ1v) is 4.97. The van der Waals surface area contributed by atoms with Crippen molar-refractivity contribution in [2.45, 2.75) is 13.5 Å². The zero-order valence-electron chi connectivity index (χ0n) is 9.20. The lowest BCUT2D eigenvalue weighted by molar-refractivity contribution is 0.489. The van der Waals surface area contributed by atoms with Gasteiger partial charge in [0.1, 0.15) is 11.5 Å². The molecule has 0 fully saturated rings. The molecule has 90 valence electrons. The van der Waals surface area contributed by atoms with Gasteiger partial charge in [-0.25, -0.2) is 15.2 Å². The molecule has 0 aliphatic heterocycles. The largest absolute Gasteiger partial charge is 0.465 e. The monoisotopic (exact) mass is 237 g/mol. The quantitative estimate of drug-likeness (QED) is 0.550. The third kappa shape index (κ3) is 2.70.